The number of rotatable bonds is 3. The van der Waals surface area contributed by atoms with E-state index in [2.05, 4.69) is 37.4 Å². The third-order valence-electron chi connectivity index (χ3n) is 5.69. The number of benzene rings is 1. The lowest BCUT2D eigenvalue weighted by Gasteiger charge is -2.25. The van der Waals surface area contributed by atoms with Gasteiger partial charge in [0.25, 0.3) is 0 Å². The summed E-state index contributed by atoms with van der Waals surface area (Å²) >= 11 is 0. The van der Waals surface area contributed by atoms with Crippen molar-refractivity contribution in [3.05, 3.63) is 35.4 Å². The molecular weight excluding hydrogens is 314 g/mol. The predicted molar refractivity (Wildman–Crippen MR) is 98.3 cm³/mol. The first kappa shape index (κ1) is 17.8. The fourth-order valence-electron chi connectivity index (χ4n) is 4.27. The van der Waals surface area contributed by atoms with Crippen LogP contribution in [0.4, 0.5) is 4.79 Å². The summed E-state index contributed by atoms with van der Waals surface area (Å²) in [6.45, 7) is 8.32. The quantitative estimate of drug-likeness (QED) is 0.917. The number of nitrogens with zero attached hydrogens (tertiary/aromatic N) is 2. The van der Waals surface area contributed by atoms with Gasteiger partial charge in [-0.25, -0.2) is 4.79 Å². The van der Waals surface area contributed by atoms with Gasteiger partial charge in [-0.3, -0.25) is 4.79 Å². The van der Waals surface area contributed by atoms with Gasteiger partial charge in [-0.15, -0.1) is 0 Å². The maximum Gasteiger partial charge on any atom is 0.317 e. The van der Waals surface area contributed by atoms with Crippen molar-refractivity contribution in [2.75, 3.05) is 26.7 Å². The van der Waals surface area contributed by atoms with Gasteiger partial charge in [0, 0.05) is 33.6 Å². The minimum Gasteiger partial charge on any atom is -0.343 e. The zero-order valence-electron chi connectivity index (χ0n) is 15.7. The second-order valence-electron chi connectivity index (χ2n) is 8.18. The molecule has 0 unspecified atom stereocenters. The number of amides is 3. The molecule has 1 aliphatic heterocycles. The number of urea groups is 1. The lowest BCUT2D eigenvalue weighted by atomic mass is 9.86. The highest BCUT2D eigenvalue weighted by molar-refractivity contribution is 5.75. The summed E-state index contributed by atoms with van der Waals surface area (Å²) in [5.74, 6) is 0.492. The van der Waals surface area contributed by atoms with Crippen LogP contribution in [-0.4, -0.2) is 48.4 Å². The zero-order chi connectivity index (χ0) is 18.2. The fraction of sp³-hybridized carbons (Fsp3) is 0.600. The highest BCUT2D eigenvalue weighted by Gasteiger charge is 2.37. The van der Waals surface area contributed by atoms with Gasteiger partial charge in [-0.1, -0.05) is 38.1 Å². The van der Waals surface area contributed by atoms with Gasteiger partial charge in [0.1, 0.15) is 0 Å². The Morgan fingerprint density at radius 2 is 2.04 bits per heavy atom. The molecule has 0 saturated carbocycles. The van der Waals surface area contributed by atoms with Gasteiger partial charge in [-0.05, 0) is 35.3 Å². The highest BCUT2D eigenvalue weighted by atomic mass is 16.2. The minimum absolute atomic E-state index is 0.0289. The van der Waals surface area contributed by atoms with Crippen molar-refractivity contribution in [1.29, 1.82) is 0 Å². The number of hydrogen-bond donors (Lipinski definition) is 1. The molecule has 1 aliphatic carbocycles. The molecule has 5 heteroatoms. The van der Waals surface area contributed by atoms with Crippen molar-refractivity contribution in [3.63, 3.8) is 0 Å². The topological polar surface area (TPSA) is 52.7 Å². The number of likely N-dealkylation sites (tertiary alicyclic amines) is 1. The van der Waals surface area contributed by atoms with E-state index in [9.17, 15) is 9.59 Å². The van der Waals surface area contributed by atoms with Crippen LogP contribution in [0.15, 0.2) is 24.3 Å². The van der Waals surface area contributed by atoms with E-state index in [0.29, 0.717) is 12.5 Å². The van der Waals surface area contributed by atoms with Gasteiger partial charge < -0.3 is 15.1 Å². The highest BCUT2D eigenvalue weighted by Crippen LogP contribution is 2.44. The Kier molecular flexibility index (Phi) is 4.76. The van der Waals surface area contributed by atoms with Crippen LogP contribution in [0.2, 0.25) is 0 Å². The first-order valence-corrected chi connectivity index (χ1v) is 9.14. The van der Waals surface area contributed by atoms with Gasteiger partial charge in [0.15, 0.2) is 0 Å². The fourth-order valence-corrected chi connectivity index (χ4v) is 4.27. The largest absolute Gasteiger partial charge is 0.343 e. The monoisotopic (exact) mass is 343 g/mol. The summed E-state index contributed by atoms with van der Waals surface area (Å²) in [4.78, 5) is 27.7. The summed E-state index contributed by atoms with van der Waals surface area (Å²) in [6.07, 6.45) is 1.89. The second kappa shape index (κ2) is 6.70. The van der Waals surface area contributed by atoms with E-state index >= 15 is 0 Å². The maximum absolute atomic E-state index is 12.7. The molecule has 3 amide bonds. The molecule has 0 aromatic heterocycles. The smallest absolute Gasteiger partial charge is 0.317 e. The van der Waals surface area contributed by atoms with Gasteiger partial charge in [-0.2, -0.15) is 0 Å². The molecule has 0 radical (unpaired) electrons. The lowest BCUT2D eigenvalue weighted by Crippen LogP contribution is -2.42. The molecule has 1 saturated heterocycles. The third kappa shape index (κ3) is 3.65. The van der Waals surface area contributed by atoms with Crippen molar-refractivity contribution < 1.29 is 9.59 Å². The van der Waals surface area contributed by atoms with E-state index in [0.717, 1.165) is 25.9 Å². The van der Waals surface area contributed by atoms with E-state index in [1.807, 2.05) is 18.0 Å². The molecule has 1 heterocycles. The zero-order valence-corrected chi connectivity index (χ0v) is 15.7. The summed E-state index contributed by atoms with van der Waals surface area (Å²) < 4.78 is 0. The van der Waals surface area contributed by atoms with E-state index in [1.54, 1.807) is 11.8 Å². The average Bonchev–Trinajstić information content (AvgIpc) is 3.11. The molecule has 0 bridgehead atoms. The number of hydrogen-bond acceptors (Lipinski definition) is 2. The van der Waals surface area contributed by atoms with E-state index in [1.165, 1.54) is 11.1 Å². The SMILES string of the molecule is CC(=O)N1CC[C@H](CN(C)C(=O)N[C@@H]2CC(C)(C)c3ccccc32)C1. The van der Waals surface area contributed by atoms with E-state index in [4.69, 9.17) is 0 Å². The van der Waals surface area contributed by atoms with Crippen LogP contribution in [0.25, 0.3) is 0 Å². The Hall–Kier alpha value is -2.04. The molecule has 25 heavy (non-hydrogen) atoms. The summed E-state index contributed by atoms with van der Waals surface area (Å²) in [5.41, 5.74) is 2.65. The standard InChI is InChI=1S/C20H29N3O2/c1-14(24)23-10-9-15(13-23)12-22(4)19(25)21-18-11-20(2,3)17-8-6-5-7-16(17)18/h5-8,15,18H,9-13H2,1-4H3,(H,21,25)/t15-,18-/m1/s1. The summed E-state index contributed by atoms with van der Waals surface area (Å²) in [5, 5.41) is 3.20. The summed E-state index contributed by atoms with van der Waals surface area (Å²) in [6, 6.07) is 8.43. The second-order valence-corrected chi connectivity index (χ2v) is 8.18. The first-order valence-electron chi connectivity index (χ1n) is 9.14. The number of fused-ring (bicyclic) bond motifs is 1. The van der Waals surface area contributed by atoms with Crippen LogP contribution in [0.5, 0.6) is 0 Å². The third-order valence-corrected chi connectivity index (χ3v) is 5.69. The Labute approximate surface area is 150 Å². The Balaban J connectivity index is 1.59. The van der Waals surface area contributed by atoms with Crippen molar-refractivity contribution in [2.45, 2.75) is 45.1 Å². The Morgan fingerprint density at radius 1 is 1.32 bits per heavy atom. The van der Waals surface area contributed by atoms with Crippen LogP contribution in [0.1, 0.15) is 50.8 Å². The molecule has 1 N–H and O–H groups in total. The Bertz CT molecular complexity index is 671. The van der Waals surface area contributed by atoms with Crippen LogP contribution in [-0.2, 0) is 10.2 Å². The van der Waals surface area contributed by atoms with Crippen molar-refractivity contribution in [3.8, 4) is 0 Å². The predicted octanol–water partition coefficient (Wildman–Crippen LogP) is 2.92. The molecule has 0 spiro atoms. The molecule has 1 fully saturated rings. The lowest BCUT2D eigenvalue weighted by molar-refractivity contribution is -0.127. The van der Waals surface area contributed by atoms with Crippen LogP contribution >= 0.6 is 0 Å². The molecule has 2 aliphatic rings. The number of nitrogens with one attached hydrogen (secondary N) is 1. The van der Waals surface area contributed by atoms with Gasteiger partial charge >= 0.3 is 6.03 Å². The van der Waals surface area contributed by atoms with Crippen LogP contribution in [0.3, 0.4) is 0 Å². The molecule has 1 aromatic carbocycles. The van der Waals surface area contributed by atoms with Gasteiger partial charge in [0.2, 0.25) is 5.91 Å². The van der Waals surface area contributed by atoms with Gasteiger partial charge in [0.05, 0.1) is 6.04 Å². The molecular formula is C20H29N3O2. The van der Waals surface area contributed by atoms with Crippen molar-refractivity contribution in [2.24, 2.45) is 5.92 Å². The maximum atomic E-state index is 12.7. The molecule has 136 valence electrons. The molecule has 2 atom stereocenters. The summed E-state index contributed by atoms with van der Waals surface area (Å²) in [7, 11) is 1.84. The van der Waals surface area contributed by atoms with E-state index in [-0.39, 0.29) is 23.4 Å². The number of carbonyl (C=O) groups is 2. The molecule has 1 aromatic rings. The first-order chi connectivity index (χ1) is 11.8. The van der Waals surface area contributed by atoms with Crippen molar-refractivity contribution >= 4 is 11.9 Å². The normalized spacial score (nSPS) is 24.1. The minimum atomic E-state index is -0.0289. The average molecular weight is 343 g/mol. The molecule has 3 rings (SSSR count). The Morgan fingerprint density at radius 3 is 2.72 bits per heavy atom. The van der Waals surface area contributed by atoms with Crippen LogP contribution in [0, 0.1) is 5.92 Å². The van der Waals surface area contributed by atoms with Crippen molar-refractivity contribution in [1.82, 2.24) is 15.1 Å². The van der Waals surface area contributed by atoms with Crippen LogP contribution < -0.4 is 5.32 Å². The molecule has 5 nitrogen and oxygen atoms in total. The number of carbonyl (C=O) groups excluding carboxylic acids is 2. The van der Waals surface area contributed by atoms with E-state index < -0.39 is 0 Å².